The summed E-state index contributed by atoms with van der Waals surface area (Å²) in [6.07, 6.45) is 1.73. The van der Waals surface area contributed by atoms with Crippen molar-refractivity contribution >= 4 is 51.4 Å². The van der Waals surface area contributed by atoms with Crippen LogP contribution < -0.4 is 14.2 Å². The Hall–Kier alpha value is -3.16. The summed E-state index contributed by atoms with van der Waals surface area (Å²) < 4.78 is 17.1. The maximum absolute atomic E-state index is 13.1. The molecule has 0 N–H and O–H groups in total. The van der Waals surface area contributed by atoms with E-state index >= 15 is 0 Å². The molecule has 0 bridgehead atoms. The zero-order valence-electron chi connectivity index (χ0n) is 18.9. The monoisotopic (exact) mass is 497 g/mol. The highest BCUT2D eigenvalue weighted by atomic mass is 35.5. The summed E-state index contributed by atoms with van der Waals surface area (Å²) in [4.78, 5) is 27.2. The third kappa shape index (κ3) is 5.32. The molecule has 6 nitrogen and oxygen atoms in total. The number of halogens is 1. The summed E-state index contributed by atoms with van der Waals surface area (Å²) in [7, 11) is 0. The van der Waals surface area contributed by atoms with Crippen molar-refractivity contribution < 1.29 is 23.8 Å². The summed E-state index contributed by atoms with van der Waals surface area (Å²) in [6, 6.07) is 16.6. The van der Waals surface area contributed by atoms with Crippen molar-refractivity contribution in [3.63, 3.8) is 0 Å². The molecule has 0 unspecified atom stereocenters. The zero-order chi connectivity index (χ0) is 24.1. The van der Waals surface area contributed by atoms with E-state index in [1.54, 1.807) is 30.3 Å². The third-order valence-corrected chi connectivity index (χ3v) is 6.31. The minimum atomic E-state index is -0.352. The minimum absolute atomic E-state index is 0.146. The van der Waals surface area contributed by atoms with Crippen molar-refractivity contribution in [1.82, 2.24) is 4.90 Å². The Balaban J connectivity index is 1.59. The Kier molecular flexibility index (Phi) is 7.65. The molecule has 1 fully saturated rings. The molecule has 0 spiro atoms. The van der Waals surface area contributed by atoms with Crippen molar-refractivity contribution in [2.45, 2.75) is 13.8 Å². The van der Waals surface area contributed by atoms with Gasteiger partial charge in [-0.1, -0.05) is 23.7 Å². The van der Waals surface area contributed by atoms with Gasteiger partial charge in [-0.2, -0.15) is 0 Å². The molecule has 0 aromatic heterocycles. The Morgan fingerprint density at radius 2 is 1.62 bits per heavy atom. The van der Waals surface area contributed by atoms with E-state index in [-0.39, 0.29) is 24.3 Å². The van der Waals surface area contributed by atoms with E-state index in [0.29, 0.717) is 34.6 Å². The second kappa shape index (κ2) is 10.8. The van der Waals surface area contributed by atoms with E-state index in [0.717, 1.165) is 33.8 Å². The van der Waals surface area contributed by atoms with Crippen LogP contribution in [0.5, 0.6) is 17.2 Å². The first kappa shape index (κ1) is 24.0. The van der Waals surface area contributed by atoms with E-state index in [2.05, 4.69) is 0 Å². The topological polar surface area (TPSA) is 65.1 Å². The van der Waals surface area contributed by atoms with Gasteiger partial charge in [-0.3, -0.25) is 14.5 Å². The number of carbonyl (C=O) groups excluding carboxylic acids is 2. The molecule has 1 saturated heterocycles. The lowest BCUT2D eigenvalue weighted by Gasteiger charge is -2.14. The molecule has 1 heterocycles. The van der Waals surface area contributed by atoms with Crippen LogP contribution in [0.25, 0.3) is 16.8 Å². The average molecular weight is 498 g/mol. The van der Waals surface area contributed by atoms with Gasteiger partial charge in [-0.25, -0.2) is 0 Å². The minimum Gasteiger partial charge on any atom is -0.494 e. The summed E-state index contributed by atoms with van der Waals surface area (Å²) in [5.41, 5.74) is 0.740. The predicted octanol–water partition coefficient (Wildman–Crippen LogP) is 6.41. The molecule has 8 heteroatoms. The molecule has 2 amide bonds. The highest BCUT2D eigenvalue weighted by Crippen LogP contribution is 2.37. The molecular formula is C26H24ClNO5S. The number of hydrogen-bond acceptors (Lipinski definition) is 6. The molecule has 3 aromatic rings. The molecule has 0 atom stereocenters. The number of carbonyl (C=O) groups is 2. The average Bonchev–Trinajstić information content (AvgIpc) is 3.09. The molecule has 4 rings (SSSR count). The Bertz CT molecular complexity index is 1240. The Morgan fingerprint density at radius 1 is 0.912 bits per heavy atom. The smallest absolute Gasteiger partial charge is 0.293 e. The number of hydrogen-bond donors (Lipinski definition) is 0. The largest absolute Gasteiger partial charge is 0.494 e. The number of rotatable bonds is 9. The molecule has 0 aliphatic carbocycles. The first-order valence-electron chi connectivity index (χ1n) is 11.0. The number of thioether (sulfide) groups is 1. The third-order valence-electron chi connectivity index (χ3n) is 5.15. The number of benzene rings is 3. The van der Waals surface area contributed by atoms with Gasteiger partial charge in [0, 0.05) is 10.6 Å². The van der Waals surface area contributed by atoms with E-state index in [4.69, 9.17) is 25.8 Å². The van der Waals surface area contributed by atoms with Crippen LogP contribution in [0.15, 0.2) is 59.5 Å². The van der Waals surface area contributed by atoms with Gasteiger partial charge < -0.3 is 14.2 Å². The number of ether oxygens (including phenoxy) is 3. The molecule has 0 radical (unpaired) electrons. The first-order valence-corrected chi connectivity index (χ1v) is 12.2. The van der Waals surface area contributed by atoms with Gasteiger partial charge in [0.2, 0.25) is 0 Å². The molecule has 3 aromatic carbocycles. The molecule has 1 aliphatic rings. The Morgan fingerprint density at radius 3 is 2.35 bits per heavy atom. The second-order valence-corrected chi connectivity index (χ2v) is 8.79. The van der Waals surface area contributed by atoms with E-state index in [1.165, 1.54) is 4.90 Å². The van der Waals surface area contributed by atoms with Crippen LogP contribution in [-0.4, -0.2) is 42.4 Å². The van der Waals surface area contributed by atoms with Gasteiger partial charge in [-0.15, -0.1) is 0 Å². The van der Waals surface area contributed by atoms with Crippen LogP contribution in [0.2, 0.25) is 5.02 Å². The van der Waals surface area contributed by atoms with Gasteiger partial charge >= 0.3 is 0 Å². The number of nitrogens with zero attached hydrogens (tertiary/aromatic N) is 1. The second-order valence-electron chi connectivity index (χ2n) is 7.36. The van der Waals surface area contributed by atoms with Crippen LogP contribution >= 0.6 is 23.4 Å². The van der Waals surface area contributed by atoms with Gasteiger partial charge in [0.15, 0.2) is 0 Å². The van der Waals surface area contributed by atoms with Crippen molar-refractivity contribution in [1.29, 1.82) is 0 Å². The Labute approximate surface area is 207 Å². The SMILES string of the molecule is CCOc1ccc2ccc(OCC)c(/C=C3\SC(=O)N(CCOc4ccc(Cl)cc4)C3=O)c2c1. The number of amides is 2. The van der Waals surface area contributed by atoms with Crippen LogP contribution in [-0.2, 0) is 4.79 Å². The molecule has 0 saturated carbocycles. The van der Waals surface area contributed by atoms with Crippen molar-refractivity contribution in [3.8, 4) is 17.2 Å². The quantitative estimate of drug-likeness (QED) is 0.318. The molecular weight excluding hydrogens is 474 g/mol. The zero-order valence-corrected chi connectivity index (χ0v) is 20.4. The molecule has 1 aliphatic heterocycles. The lowest BCUT2D eigenvalue weighted by Crippen LogP contribution is -2.32. The summed E-state index contributed by atoms with van der Waals surface area (Å²) in [5.74, 6) is 1.64. The van der Waals surface area contributed by atoms with Gasteiger partial charge in [-0.05, 0) is 84.9 Å². The van der Waals surface area contributed by atoms with Gasteiger partial charge in [0.1, 0.15) is 23.9 Å². The standard InChI is InChI=1S/C26H24ClNO5S/c1-3-31-20-9-5-17-6-12-23(32-4-2)22(21(17)15-20)16-24-25(29)28(26(30)34-24)13-14-33-19-10-7-18(27)8-11-19/h5-12,15-16H,3-4,13-14H2,1-2H3/b24-16-. The lowest BCUT2D eigenvalue weighted by molar-refractivity contribution is -0.123. The van der Waals surface area contributed by atoms with Crippen LogP contribution in [0.3, 0.4) is 0 Å². The summed E-state index contributed by atoms with van der Waals surface area (Å²) in [6.45, 7) is 5.17. The highest BCUT2D eigenvalue weighted by molar-refractivity contribution is 8.18. The van der Waals surface area contributed by atoms with Crippen LogP contribution in [0.4, 0.5) is 4.79 Å². The van der Waals surface area contributed by atoms with Crippen molar-refractivity contribution in [2.24, 2.45) is 0 Å². The maximum atomic E-state index is 13.1. The van der Waals surface area contributed by atoms with Crippen molar-refractivity contribution in [3.05, 3.63) is 70.1 Å². The highest BCUT2D eigenvalue weighted by Gasteiger charge is 2.35. The first-order chi connectivity index (χ1) is 16.5. The fourth-order valence-electron chi connectivity index (χ4n) is 3.60. The molecule has 34 heavy (non-hydrogen) atoms. The van der Waals surface area contributed by atoms with Crippen LogP contribution in [0, 0.1) is 0 Å². The molecule has 176 valence electrons. The normalized spacial score (nSPS) is 14.8. The van der Waals surface area contributed by atoms with Crippen molar-refractivity contribution in [2.75, 3.05) is 26.4 Å². The fourth-order valence-corrected chi connectivity index (χ4v) is 4.57. The summed E-state index contributed by atoms with van der Waals surface area (Å²) >= 11 is 6.80. The van der Waals surface area contributed by atoms with E-state index in [9.17, 15) is 9.59 Å². The lowest BCUT2D eigenvalue weighted by atomic mass is 10.0. The maximum Gasteiger partial charge on any atom is 0.293 e. The van der Waals surface area contributed by atoms with Crippen LogP contribution in [0.1, 0.15) is 19.4 Å². The van der Waals surface area contributed by atoms with E-state index < -0.39 is 0 Å². The predicted molar refractivity (Wildman–Crippen MR) is 136 cm³/mol. The van der Waals surface area contributed by atoms with E-state index in [1.807, 2.05) is 44.2 Å². The number of fused-ring (bicyclic) bond motifs is 1. The summed E-state index contributed by atoms with van der Waals surface area (Å²) in [5, 5.41) is 2.14. The van der Waals surface area contributed by atoms with Gasteiger partial charge in [0.05, 0.1) is 24.7 Å². The fraction of sp³-hybridized carbons (Fsp3) is 0.231. The van der Waals surface area contributed by atoms with Gasteiger partial charge in [0.25, 0.3) is 11.1 Å². The number of imide groups is 1.